The molecule has 186 valence electrons. The Morgan fingerprint density at radius 3 is 1.88 bits per heavy atom. The number of ketones is 1. The van der Waals surface area contributed by atoms with E-state index >= 15 is 0 Å². The standard InChI is InChI=1S/C23H40N2O5SSi2/c1-22(2,3)32(7,8)29-17-18(30-33(9,10)23(4,5)6)16-20(26)21(25-24)31(27,28)19-14-12-11-13-15-19/h11-15,18H,16-17H2,1-10H3/t18-/m0/s1. The molecule has 0 bridgehead atoms. The van der Waals surface area contributed by atoms with Gasteiger partial charge in [0, 0.05) is 6.42 Å². The summed E-state index contributed by atoms with van der Waals surface area (Å²) in [5, 5.41) is -1.04. The summed E-state index contributed by atoms with van der Waals surface area (Å²) >= 11 is 0. The highest BCUT2D eigenvalue weighted by molar-refractivity contribution is 8.08. The molecule has 0 fully saturated rings. The van der Waals surface area contributed by atoms with Crippen molar-refractivity contribution in [2.75, 3.05) is 6.61 Å². The molecule has 0 aromatic heterocycles. The van der Waals surface area contributed by atoms with Gasteiger partial charge in [-0.2, -0.15) is 0 Å². The number of nitrogens with zero attached hydrogens (tertiary/aromatic N) is 2. The van der Waals surface area contributed by atoms with Crippen molar-refractivity contribution in [2.24, 2.45) is 0 Å². The molecule has 0 unspecified atom stereocenters. The van der Waals surface area contributed by atoms with E-state index in [4.69, 9.17) is 8.85 Å². The van der Waals surface area contributed by atoms with Crippen molar-refractivity contribution in [3.63, 3.8) is 0 Å². The summed E-state index contributed by atoms with van der Waals surface area (Å²) in [6.45, 7) is 21.2. The van der Waals surface area contributed by atoms with Gasteiger partial charge in [0.05, 0.1) is 17.6 Å². The lowest BCUT2D eigenvalue weighted by Crippen LogP contribution is -2.48. The Morgan fingerprint density at radius 2 is 1.45 bits per heavy atom. The molecule has 1 rings (SSSR count). The maximum Gasteiger partial charge on any atom is 0.452 e. The topological polar surface area (TPSA) is 106 Å². The molecule has 0 saturated heterocycles. The third kappa shape index (κ3) is 7.53. The molecule has 0 aliphatic rings. The average Bonchev–Trinajstić information content (AvgIpc) is 2.65. The summed E-state index contributed by atoms with van der Waals surface area (Å²) in [6, 6.07) is 7.47. The van der Waals surface area contributed by atoms with Gasteiger partial charge >= 0.3 is 5.04 Å². The quantitative estimate of drug-likeness (QED) is 0.144. The molecule has 0 radical (unpaired) electrons. The fourth-order valence-corrected chi connectivity index (χ4v) is 6.11. The average molecular weight is 513 g/mol. The predicted molar refractivity (Wildman–Crippen MR) is 137 cm³/mol. The van der Waals surface area contributed by atoms with E-state index in [1.807, 2.05) is 0 Å². The second-order valence-corrected chi connectivity index (χ2v) is 22.9. The molecule has 10 heteroatoms. The van der Waals surface area contributed by atoms with Gasteiger partial charge in [-0.1, -0.05) is 59.7 Å². The highest BCUT2D eigenvalue weighted by Crippen LogP contribution is 2.39. The van der Waals surface area contributed by atoms with Gasteiger partial charge in [-0.25, -0.2) is 8.42 Å². The van der Waals surface area contributed by atoms with Gasteiger partial charge in [0.1, 0.15) is 0 Å². The summed E-state index contributed by atoms with van der Waals surface area (Å²) in [7, 11) is -8.70. The summed E-state index contributed by atoms with van der Waals surface area (Å²) in [5.74, 6) is -0.802. The number of Topliss-reactive ketones (excluding diaryl/α,β-unsaturated/α-hetero) is 1. The highest BCUT2D eigenvalue weighted by atomic mass is 32.2. The number of sulfone groups is 1. The first-order chi connectivity index (χ1) is 14.8. The maximum atomic E-state index is 13.1. The molecule has 0 N–H and O–H groups in total. The summed E-state index contributed by atoms with van der Waals surface area (Å²) < 4.78 is 38.6. The minimum absolute atomic E-state index is 0.0348. The fourth-order valence-electron chi connectivity index (χ4n) is 2.51. The third-order valence-corrected chi connectivity index (χ3v) is 17.5. The Hall–Kier alpha value is -1.43. The lowest BCUT2D eigenvalue weighted by molar-refractivity contribution is -0.118. The van der Waals surface area contributed by atoms with Gasteiger partial charge in [-0.3, -0.25) is 4.79 Å². The molecule has 0 heterocycles. The minimum atomic E-state index is -4.26. The zero-order valence-corrected chi connectivity index (χ0v) is 24.5. The number of rotatable bonds is 9. The van der Waals surface area contributed by atoms with Crippen molar-refractivity contribution in [2.45, 2.75) is 95.2 Å². The van der Waals surface area contributed by atoms with Gasteiger partial charge in [0.15, 0.2) is 16.6 Å². The minimum Gasteiger partial charge on any atom is -0.414 e. The van der Waals surface area contributed by atoms with E-state index in [9.17, 15) is 18.7 Å². The van der Waals surface area contributed by atoms with E-state index in [1.54, 1.807) is 18.2 Å². The number of benzene rings is 1. The zero-order valence-electron chi connectivity index (χ0n) is 21.7. The number of carbonyl (C=O) groups is 1. The lowest BCUT2D eigenvalue weighted by atomic mass is 10.2. The predicted octanol–water partition coefficient (Wildman–Crippen LogP) is 5.46. The molecule has 0 saturated carbocycles. The highest BCUT2D eigenvalue weighted by Gasteiger charge is 2.44. The zero-order chi connectivity index (χ0) is 25.9. The van der Waals surface area contributed by atoms with Crippen molar-refractivity contribution in [1.82, 2.24) is 0 Å². The van der Waals surface area contributed by atoms with Crippen LogP contribution in [-0.4, -0.2) is 53.4 Å². The van der Waals surface area contributed by atoms with E-state index in [1.165, 1.54) is 12.1 Å². The van der Waals surface area contributed by atoms with Crippen molar-refractivity contribution in [3.05, 3.63) is 35.9 Å². The van der Waals surface area contributed by atoms with Crippen LogP contribution in [0.2, 0.25) is 36.3 Å². The van der Waals surface area contributed by atoms with Crippen molar-refractivity contribution < 1.29 is 26.9 Å². The van der Waals surface area contributed by atoms with Gasteiger partial charge in [0.2, 0.25) is 0 Å². The monoisotopic (exact) mass is 512 g/mol. The normalized spacial score (nSPS) is 14.5. The van der Waals surface area contributed by atoms with E-state index < -0.39 is 43.4 Å². The van der Waals surface area contributed by atoms with Crippen molar-refractivity contribution >= 4 is 37.3 Å². The SMILES string of the molecule is CC(C)(C)[Si](C)(C)OC[C@H](CC(=O)C(=[N+]=[N-])S(=O)(=O)c1ccccc1)O[Si](C)(C)C(C)(C)C. The lowest BCUT2D eigenvalue weighted by Gasteiger charge is -2.41. The van der Waals surface area contributed by atoms with Crippen LogP contribution < -0.4 is 0 Å². The van der Waals surface area contributed by atoms with Gasteiger partial charge in [-0.05, 0) is 48.4 Å². The van der Waals surface area contributed by atoms with Crippen molar-refractivity contribution in [1.29, 1.82) is 0 Å². The van der Waals surface area contributed by atoms with E-state index in [0.29, 0.717) is 0 Å². The van der Waals surface area contributed by atoms with Crippen LogP contribution in [-0.2, 0) is 23.5 Å². The first-order valence-corrected chi connectivity index (χ1v) is 18.4. The van der Waals surface area contributed by atoms with Crippen LogP contribution >= 0.6 is 0 Å². The van der Waals surface area contributed by atoms with Crippen molar-refractivity contribution in [3.8, 4) is 0 Å². The second kappa shape index (κ2) is 10.5. The van der Waals surface area contributed by atoms with E-state index in [-0.39, 0.29) is 28.0 Å². The molecule has 0 aliphatic carbocycles. The number of hydrogen-bond donors (Lipinski definition) is 0. The molecule has 1 aromatic rings. The number of carbonyl (C=O) groups excluding carboxylic acids is 1. The largest absolute Gasteiger partial charge is 0.452 e. The van der Waals surface area contributed by atoms with Crippen LogP contribution in [0.5, 0.6) is 0 Å². The van der Waals surface area contributed by atoms with Crippen LogP contribution in [0.3, 0.4) is 0 Å². The molecule has 0 amide bonds. The summed E-state index contributed by atoms with van der Waals surface area (Å²) in [6.07, 6.45) is -0.915. The molecule has 1 atom stereocenters. The smallest absolute Gasteiger partial charge is 0.414 e. The molecule has 7 nitrogen and oxygen atoms in total. The van der Waals surface area contributed by atoms with Gasteiger partial charge in [-0.15, -0.1) is 4.79 Å². The fraction of sp³-hybridized carbons (Fsp3) is 0.652. The summed E-state index contributed by atoms with van der Waals surface area (Å²) in [4.78, 5) is 15.9. The molecule has 0 spiro atoms. The van der Waals surface area contributed by atoms with Crippen LogP contribution in [0.4, 0.5) is 0 Å². The maximum absolute atomic E-state index is 13.1. The third-order valence-electron chi connectivity index (χ3n) is 6.75. The molecular formula is C23H40N2O5SSi2. The summed E-state index contributed by atoms with van der Waals surface area (Å²) in [5.41, 5.74) is 9.47. The van der Waals surface area contributed by atoms with Crippen LogP contribution in [0, 0.1) is 0 Å². The van der Waals surface area contributed by atoms with Crippen LogP contribution in [0.25, 0.3) is 5.53 Å². The first kappa shape index (κ1) is 29.6. The first-order valence-electron chi connectivity index (χ1n) is 11.1. The van der Waals surface area contributed by atoms with Gasteiger partial charge < -0.3 is 14.4 Å². The Kier molecular flexibility index (Phi) is 9.38. The van der Waals surface area contributed by atoms with E-state index in [2.05, 4.69) is 72.5 Å². The molecule has 1 aromatic carbocycles. The molecule has 0 aliphatic heterocycles. The van der Waals surface area contributed by atoms with Crippen LogP contribution in [0.1, 0.15) is 48.0 Å². The second-order valence-electron chi connectivity index (χ2n) is 11.4. The van der Waals surface area contributed by atoms with Gasteiger partial charge in [0.25, 0.3) is 15.6 Å². The Morgan fingerprint density at radius 1 is 0.970 bits per heavy atom. The Labute approximate surface area is 201 Å². The number of hydrogen-bond acceptors (Lipinski definition) is 5. The Balaban J connectivity index is 3.25. The molecule has 33 heavy (non-hydrogen) atoms. The Bertz CT molecular complexity index is 988. The molecular weight excluding hydrogens is 473 g/mol. The van der Waals surface area contributed by atoms with E-state index in [0.717, 1.165) is 0 Å². The van der Waals surface area contributed by atoms with Crippen LogP contribution in [0.15, 0.2) is 35.2 Å².